The average Bonchev–Trinajstić information content (AvgIpc) is 2.04. The Morgan fingerprint density at radius 1 is 0.938 bits per heavy atom. The van der Waals surface area contributed by atoms with Crippen LogP contribution < -0.4 is 0 Å². The van der Waals surface area contributed by atoms with Gasteiger partial charge in [-0.1, -0.05) is 6.07 Å². The summed E-state index contributed by atoms with van der Waals surface area (Å²) in [5.41, 5.74) is -2.11. The lowest BCUT2D eigenvalue weighted by atomic mass is 10.1. The fourth-order valence-electron chi connectivity index (χ4n) is 1.08. The summed E-state index contributed by atoms with van der Waals surface area (Å²) in [6, 6.07) is 0.969. The van der Waals surface area contributed by atoms with Gasteiger partial charge in [0.05, 0.1) is 12.0 Å². The van der Waals surface area contributed by atoms with Crippen molar-refractivity contribution in [2.24, 2.45) is 0 Å². The van der Waals surface area contributed by atoms with E-state index in [2.05, 4.69) is 0 Å². The molecule has 0 aliphatic rings. The van der Waals surface area contributed by atoms with E-state index in [1.807, 2.05) is 0 Å². The maximum absolute atomic E-state index is 12.9. The van der Waals surface area contributed by atoms with E-state index in [-0.39, 0.29) is 6.07 Å². The Morgan fingerprint density at radius 2 is 1.50 bits per heavy atom. The van der Waals surface area contributed by atoms with E-state index in [0.29, 0.717) is 12.1 Å². The van der Waals surface area contributed by atoms with Crippen LogP contribution in [-0.2, 0) is 12.6 Å². The average molecular weight is 246 g/mol. The van der Waals surface area contributed by atoms with Crippen molar-refractivity contribution in [1.82, 2.24) is 0 Å². The number of hydrogen-bond acceptors (Lipinski definition) is 0. The molecule has 1 aromatic rings. The Morgan fingerprint density at radius 3 is 1.88 bits per heavy atom. The first-order valence-electron chi connectivity index (χ1n) is 4.02. The van der Waals surface area contributed by atoms with Crippen LogP contribution in [-0.4, -0.2) is 6.18 Å². The predicted molar refractivity (Wildman–Crippen MR) is 41.2 cm³/mol. The molecule has 0 radical (unpaired) electrons. The zero-order valence-electron chi connectivity index (χ0n) is 7.58. The Balaban J connectivity index is 3.01. The second kappa shape index (κ2) is 3.95. The molecule has 0 saturated heterocycles. The van der Waals surface area contributed by atoms with E-state index in [9.17, 15) is 30.7 Å². The summed E-state index contributed by atoms with van der Waals surface area (Å²) in [7, 11) is 0. The van der Waals surface area contributed by atoms with Crippen LogP contribution in [0.2, 0.25) is 0 Å². The van der Waals surface area contributed by atoms with Crippen molar-refractivity contribution >= 4 is 0 Å². The number of rotatable bonds is 1. The largest absolute Gasteiger partial charge is 0.416 e. The van der Waals surface area contributed by atoms with Crippen molar-refractivity contribution in [2.75, 3.05) is 0 Å². The molecule has 0 aliphatic carbocycles. The van der Waals surface area contributed by atoms with Crippen LogP contribution >= 0.6 is 0 Å². The van der Waals surface area contributed by atoms with Gasteiger partial charge < -0.3 is 0 Å². The van der Waals surface area contributed by atoms with Crippen molar-refractivity contribution in [2.45, 2.75) is 18.8 Å². The predicted octanol–water partition coefficient (Wildman–Crippen LogP) is 3.95. The molecule has 0 atom stereocenters. The maximum Gasteiger partial charge on any atom is 0.416 e. The van der Waals surface area contributed by atoms with Gasteiger partial charge in [0, 0.05) is 0 Å². The molecule has 0 fully saturated rings. The van der Waals surface area contributed by atoms with Gasteiger partial charge >= 0.3 is 12.4 Å². The summed E-state index contributed by atoms with van der Waals surface area (Å²) in [4.78, 5) is 0. The van der Waals surface area contributed by atoms with Gasteiger partial charge in [0.1, 0.15) is 5.82 Å². The third kappa shape index (κ3) is 3.39. The van der Waals surface area contributed by atoms with Gasteiger partial charge in [0.2, 0.25) is 0 Å². The smallest absolute Gasteiger partial charge is 0.207 e. The van der Waals surface area contributed by atoms with E-state index < -0.39 is 35.7 Å². The number of benzene rings is 1. The highest BCUT2D eigenvalue weighted by molar-refractivity contribution is 5.26. The third-order valence-corrected chi connectivity index (χ3v) is 1.77. The Kier molecular flexibility index (Phi) is 3.16. The lowest BCUT2D eigenvalue weighted by molar-refractivity contribution is -0.137. The molecule has 0 spiro atoms. The van der Waals surface area contributed by atoms with Gasteiger partial charge in [-0.15, -0.1) is 0 Å². The molecule has 0 unspecified atom stereocenters. The van der Waals surface area contributed by atoms with Crippen molar-refractivity contribution in [3.05, 3.63) is 35.1 Å². The fraction of sp³-hybridized carbons (Fsp3) is 0.333. The van der Waals surface area contributed by atoms with Gasteiger partial charge in [-0.3, -0.25) is 0 Å². The van der Waals surface area contributed by atoms with E-state index >= 15 is 0 Å². The molecular weight excluding hydrogens is 241 g/mol. The molecule has 90 valence electrons. The lowest BCUT2D eigenvalue weighted by Gasteiger charge is -2.10. The minimum atomic E-state index is -4.77. The molecule has 0 nitrogen and oxygen atoms in total. The number of halogens is 7. The van der Waals surface area contributed by atoms with Crippen LogP contribution in [0.15, 0.2) is 18.2 Å². The molecule has 0 N–H and O–H groups in total. The van der Waals surface area contributed by atoms with Gasteiger partial charge in [-0.05, 0) is 17.7 Å². The molecule has 1 rings (SSSR count). The van der Waals surface area contributed by atoms with Crippen LogP contribution in [0.5, 0.6) is 0 Å². The number of hydrogen-bond donors (Lipinski definition) is 0. The highest BCUT2D eigenvalue weighted by Gasteiger charge is 2.33. The van der Waals surface area contributed by atoms with E-state index in [1.165, 1.54) is 0 Å². The van der Waals surface area contributed by atoms with Crippen LogP contribution in [0.25, 0.3) is 0 Å². The van der Waals surface area contributed by atoms with Crippen LogP contribution in [0, 0.1) is 5.82 Å². The van der Waals surface area contributed by atoms with Gasteiger partial charge in [-0.25, -0.2) is 4.39 Å². The first kappa shape index (κ1) is 12.8. The van der Waals surface area contributed by atoms with Gasteiger partial charge in [0.15, 0.2) is 0 Å². The zero-order valence-corrected chi connectivity index (χ0v) is 7.58. The Hall–Kier alpha value is -1.27. The SMILES string of the molecule is Fc1cc(C(F)(F)F)ccc1CC(F)(F)F. The highest BCUT2D eigenvalue weighted by Crippen LogP contribution is 2.31. The minimum absolute atomic E-state index is 0.0566. The van der Waals surface area contributed by atoms with Crippen LogP contribution in [0.4, 0.5) is 30.7 Å². The first-order valence-corrected chi connectivity index (χ1v) is 4.02. The topological polar surface area (TPSA) is 0 Å². The second-order valence-corrected chi connectivity index (χ2v) is 3.10. The Labute approximate surface area is 85.7 Å². The van der Waals surface area contributed by atoms with Crippen molar-refractivity contribution < 1.29 is 30.7 Å². The lowest BCUT2D eigenvalue weighted by Crippen LogP contribution is -2.14. The second-order valence-electron chi connectivity index (χ2n) is 3.10. The first-order chi connectivity index (χ1) is 7.09. The van der Waals surface area contributed by atoms with Crippen LogP contribution in [0.3, 0.4) is 0 Å². The zero-order chi connectivity index (χ0) is 12.6. The molecule has 0 aromatic heterocycles. The maximum atomic E-state index is 12.9. The van der Waals surface area contributed by atoms with Crippen molar-refractivity contribution in [3.8, 4) is 0 Å². The van der Waals surface area contributed by atoms with Crippen LogP contribution in [0.1, 0.15) is 11.1 Å². The highest BCUT2D eigenvalue weighted by atomic mass is 19.4. The number of alkyl halides is 6. The summed E-state index contributed by atoms with van der Waals surface area (Å²) < 4.78 is 84.7. The molecule has 0 amide bonds. The molecule has 0 aliphatic heterocycles. The molecule has 0 bridgehead atoms. The van der Waals surface area contributed by atoms with Gasteiger partial charge in [0.25, 0.3) is 0 Å². The molecule has 0 heterocycles. The molecule has 0 saturated carbocycles. The normalized spacial score (nSPS) is 12.9. The standard InChI is InChI=1S/C9H5F7/c10-7-3-6(9(14,15)16)2-1-5(7)4-8(11,12)13/h1-3H,4H2. The monoisotopic (exact) mass is 246 g/mol. The minimum Gasteiger partial charge on any atom is -0.207 e. The van der Waals surface area contributed by atoms with E-state index in [0.717, 1.165) is 0 Å². The molecule has 1 aromatic carbocycles. The molecule has 16 heavy (non-hydrogen) atoms. The summed E-state index contributed by atoms with van der Waals surface area (Å²) in [5, 5.41) is 0. The summed E-state index contributed by atoms with van der Waals surface area (Å²) in [5.74, 6) is -1.51. The van der Waals surface area contributed by atoms with E-state index in [4.69, 9.17) is 0 Å². The molecular formula is C9H5F7. The fourth-order valence-corrected chi connectivity index (χ4v) is 1.08. The summed E-state index contributed by atoms with van der Waals surface area (Å²) in [6.07, 6.45) is -11.0. The quantitative estimate of drug-likeness (QED) is 0.658. The molecule has 7 heteroatoms. The van der Waals surface area contributed by atoms with Crippen molar-refractivity contribution in [1.29, 1.82) is 0 Å². The Bertz CT molecular complexity index is 374. The van der Waals surface area contributed by atoms with E-state index in [1.54, 1.807) is 0 Å². The summed E-state index contributed by atoms with van der Waals surface area (Å²) >= 11 is 0. The summed E-state index contributed by atoms with van der Waals surface area (Å²) in [6.45, 7) is 0. The third-order valence-electron chi connectivity index (χ3n) is 1.77. The van der Waals surface area contributed by atoms with Gasteiger partial charge in [-0.2, -0.15) is 26.3 Å². The van der Waals surface area contributed by atoms with Crippen molar-refractivity contribution in [3.63, 3.8) is 0 Å².